The summed E-state index contributed by atoms with van der Waals surface area (Å²) in [5, 5.41) is 1.65. The predicted octanol–water partition coefficient (Wildman–Crippen LogP) is 2.87. The highest BCUT2D eigenvalue weighted by Crippen LogP contribution is 2.50. The fourth-order valence-corrected chi connectivity index (χ4v) is 4.31. The van der Waals surface area contributed by atoms with E-state index in [1.165, 1.54) is 32.1 Å². The van der Waals surface area contributed by atoms with Gasteiger partial charge in [0.1, 0.15) is 16.0 Å². The van der Waals surface area contributed by atoms with Crippen molar-refractivity contribution < 1.29 is 4.84 Å². The van der Waals surface area contributed by atoms with Crippen LogP contribution in [0.1, 0.15) is 32.1 Å². The Hall–Kier alpha value is -0.690. The number of anilines is 1. The number of hydrazine groups is 2. The van der Waals surface area contributed by atoms with Gasteiger partial charge < -0.3 is 0 Å². The summed E-state index contributed by atoms with van der Waals surface area (Å²) < 4.78 is 0.813. The molecule has 5 nitrogen and oxygen atoms in total. The van der Waals surface area contributed by atoms with Crippen molar-refractivity contribution in [1.82, 2.24) is 15.7 Å². The van der Waals surface area contributed by atoms with Crippen molar-refractivity contribution in [2.75, 3.05) is 12.0 Å². The summed E-state index contributed by atoms with van der Waals surface area (Å²) in [4.78, 5) is 10.6. The molecule has 0 unspecified atom stereocenters. The van der Waals surface area contributed by atoms with Crippen LogP contribution in [0.5, 0.6) is 0 Å². The number of pyridine rings is 1. The average Bonchev–Trinajstić information content (AvgIpc) is 2.83. The maximum Gasteiger partial charge on any atom is 0.144 e. The van der Waals surface area contributed by atoms with Gasteiger partial charge in [-0.15, -0.1) is 0 Å². The summed E-state index contributed by atoms with van der Waals surface area (Å²) in [5.74, 6) is 2.32. The molecule has 1 atom stereocenters. The van der Waals surface area contributed by atoms with Crippen molar-refractivity contribution in [3.05, 3.63) is 22.8 Å². The molecular weight excluding hydrogens is 320 g/mol. The van der Waals surface area contributed by atoms with Crippen LogP contribution in [-0.2, 0) is 4.84 Å². The molecule has 1 spiro atoms. The Morgan fingerprint density at radius 2 is 2.20 bits per heavy atom. The van der Waals surface area contributed by atoms with Gasteiger partial charge in [0.25, 0.3) is 0 Å². The Morgan fingerprint density at radius 3 is 2.90 bits per heavy atom. The lowest BCUT2D eigenvalue weighted by Crippen LogP contribution is -2.50. The number of hydrogen-bond acceptors (Lipinski definition) is 5. The number of rotatable bonds is 2. The molecule has 2 heterocycles. The van der Waals surface area contributed by atoms with Crippen LogP contribution in [0.15, 0.2) is 22.8 Å². The molecule has 1 aromatic rings. The van der Waals surface area contributed by atoms with E-state index in [0.29, 0.717) is 5.92 Å². The van der Waals surface area contributed by atoms with Gasteiger partial charge in [0, 0.05) is 6.54 Å². The van der Waals surface area contributed by atoms with Gasteiger partial charge in [0.05, 0.1) is 0 Å². The molecule has 0 aromatic carbocycles. The molecule has 0 radical (unpaired) electrons. The standard InChI is InChI=1S/C14H19BrN4O/c15-12-2-1-3-13(17-12)18-19-16-9-14(20-19)8-10-4-6-11(14)7-5-10/h1-3,10-11,16H,4-9H2,(H,17,18)/t10?,11?,14-/m0/s1. The van der Waals surface area contributed by atoms with Crippen molar-refractivity contribution in [3.63, 3.8) is 0 Å². The van der Waals surface area contributed by atoms with E-state index in [1.807, 2.05) is 18.2 Å². The zero-order valence-electron chi connectivity index (χ0n) is 11.3. The Balaban J connectivity index is 1.45. The first-order chi connectivity index (χ1) is 9.73. The Kier molecular flexibility index (Phi) is 3.22. The molecule has 1 aromatic heterocycles. The summed E-state index contributed by atoms with van der Waals surface area (Å²) in [6.07, 6.45) is 6.59. The number of nitrogens with zero attached hydrogens (tertiary/aromatic N) is 2. The largest absolute Gasteiger partial charge is 0.265 e. The van der Waals surface area contributed by atoms with Gasteiger partial charge in [0.2, 0.25) is 0 Å². The van der Waals surface area contributed by atoms with Crippen LogP contribution in [0.25, 0.3) is 0 Å². The van der Waals surface area contributed by atoms with Crippen LogP contribution in [0.2, 0.25) is 0 Å². The molecule has 4 fully saturated rings. The topological polar surface area (TPSA) is 49.4 Å². The molecule has 2 bridgehead atoms. The first-order valence-electron chi connectivity index (χ1n) is 7.35. The lowest BCUT2D eigenvalue weighted by atomic mass is 9.62. The number of hydrogen-bond donors (Lipinski definition) is 2. The monoisotopic (exact) mass is 338 g/mol. The Labute approximate surface area is 127 Å². The minimum atomic E-state index is 0.000178. The molecular formula is C14H19BrN4O. The first-order valence-corrected chi connectivity index (χ1v) is 8.15. The van der Waals surface area contributed by atoms with Gasteiger partial charge in [-0.3, -0.25) is 10.3 Å². The molecule has 3 aliphatic carbocycles. The van der Waals surface area contributed by atoms with Crippen LogP contribution in [-0.4, -0.2) is 22.4 Å². The maximum atomic E-state index is 6.22. The Bertz CT molecular complexity index is 506. The molecule has 3 saturated carbocycles. The van der Waals surface area contributed by atoms with Gasteiger partial charge in [-0.1, -0.05) is 6.07 Å². The van der Waals surface area contributed by atoms with Gasteiger partial charge >= 0.3 is 0 Å². The molecule has 0 amide bonds. The fraction of sp³-hybridized carbons (Fsp3) is 0.643. The van der Waals surface area contributed by atoms with Crippen molar-refractivity contribution in [2.45, 2.75) is 37.7 Å². The van der Waals surface area contributed by atoms with E-state index < -0.39 is 0 Å². The average molecular weight is 339 g/mol. The second kappa shape index (κ2) is 4.94. The molecule has 108 valence electrons. The van der Waals surface area contributed by atoms with E-state index in [2.05, 4.69) is 31.8 Å². The van der Waals surface area contributed by atoms with Gasteiger partial charge in [-0.05, 0) is 77.3 Å². The highest BCUT2D eigenvalue weighted by Gasteiger charge is 2.52. The summed E-state index contributed by atoms with van der Waals surface area (Å²) in [7, 11) is 0. The lowest BCUT2D eigenvalue weighted by molar-refractivity contribution is -0.235. The van der Waals surface area contributed by atoms with Crippen molar-refractivity contribution in [2.24, 2.45) is 11.8 Å². The van der Waals surface area contributed by atoms with E-state index in [-0.39, 0.29) is 5.60 Å². The molecule has 2 N–H and O–H groups in total. The normalized spacial score (nSPS) is 36.6. The molecule has 1 saturated heterocycles. The van der Waals surface area contributed by atoms with Gasteiger partial charge in [-0.25, -0.2) is 10.4 Å². The molecule has 5 rings (SSSR count). The minimum Gasteiger partial charge on any atom is -0.265 e. The first kappa shape index (κ1) is 13.0. The van der Waals surface area contributed by atoms with E-state index in [0.717, 1.165) is 22.9 Å². The predicted molar refractivity (Wildman–Crippen MR) is 79.3 cm³/mol. The third-order valence-electron chi connectivity index (χ3n) is 4.95. The molecule has 4 aliphatic rings. The van der Waals surface area contributed by atoms with Gasteiger partial charge in [0.15, 0.2) is 0 Å². The lowest BCUT2D eigenvalue weighted by Gasteiger charge is -2.47. The van der Waals surface area contributed by atoms with Crippen molar-refractivity contribution >= 4 is 21.7 Å². The van der Waals surface area contributed by atoms with Crippen LogP contribution in [0, 0.1) is 11.8 Å². The number of halogens is 1. The molecule has 6 heteroatoms. The highest BCUT2D eigenvalue weighted by molar-refractivity contribution is 9.10. The summed E-state index contributed by atoms with van der Waals surface area (Å²) in [6, 6.07) is 5.78. The van der Waals surface area contributed by atoms with Crippen molar-refractivity contribution in [3.8, 4) is 0 Å². The maximum absolute atomic E-state index is 6.22. The van der Waals surface area contributed by atoms with Gasteiger partial charge in [-0.2, -0.15) is 0 Å². The zero-order valence-corrected chi connectivity index (χ0v) is 12.9. The third-order valence-corrected chi connectivity index (χ3v) is 5.39. The second-order valence-electron chi connectivity index (χ2n) is 6.16. The van der Waals surface area contributed by atoms with E-state index in [4.69, 9.17) is 4.84 Å². The number of aromatic nitrogens is 1. The number of nitrogens with one attached hydrogen (secondary N) is 2. The zero-order chi connectivity index (χ0) is 13.6. The van der Waals surface area contributed by atoms with Crippen LogP contribution in [0.4, 0.5) is 5.82 Å². The third kappa shape index (κ3) is 2.24. The molecule has 1 aliphatic heterocycles. The van der Waals surface area contributed by atoms with E-state index >= 15 is 0 Å². The summed E-state index contributed by atoms with van der Waals surface area (Å²) in [6.45, 7) is 0.898. The van der Waals surface area contributed by atoms with E-state index in [9.17, 15) is 0 Å². The minimum absolute atomic E-state index is 0.000178. The smallest absolute Gasteiger partial charge is 0.144 e. The van der Waals surface area contributed by atoms with Crippen LogP contribution >= 0.6 is 15.9 Å². The SMILES string of the molecule is Brc1cccc(NN2NC[C@]3(CC4CCC3CC4)O2)n1. The van der Waals surface area contributed by atoms with Crippen molar-refractivity contribution in [1.29, 1.82) is 0 Å². The van der Waals surface area contributed by atoms with E-state index in [1.54, 1.807) is 5.28 Å². The second-order valence-corrected chi connectivity index (χ2v) is 6.98. The molecule has 20 heavy (non-hydrogen) atoms. The summed E-state index contributed by atoms with van der Waals surface area (Å²) in [5.41, 5.74) is 6.49. The quantitative estimate of drug-likeness (QED) is 0.812. The Morgan fingerprint density at radius 1 is 1.35 bits per heavy atom. The van der Waals surface area contributed by atoms with Crippen LogP contribution in [0.3, 0.4) is 0 Å². The summed E-state index contributed by atoms with van der Waals surface area (Å²) >= 11 is 3.38. The number of fused-ring (bicyclic) bond motifs is 2. The highest BCUT2D eigenvalue weighted by atomic mass is 79.9. The fourth-order valence-electron chi connectivity index (χ4n) is 3.97. The van der Waals surface area contributed by atoms with Crippen LogP contribution < -0.4 is 10.9 Å².